The lowest BCUT2D eigenvalue weighted by Crippen LogP contribution is -2.54. The minimum absolute atomic E-state index is 0.117. The molecular formula is C16H22FN3O4. The van der Waals surface area contributed by atoms with Crippen LogP contribution in [0.25, 0.3) is 0 Å². The molecule has 1 aliphatic heterocycles. The number of primary amides is 1. The van der Waals surface area contributed by atoms with Gasteiger partial charge in [-0.15, -0.1) is 0 Å². The van der Waals surface area contributed by atoms with Crippen LogP contribution in [0.3, 0.4) is 0 Å². The Hall–Kier alpha value is -2.35. The van der Waals surface area contributed by atoms with Crippen LogP contribution >= 0.6 is 0 Å². The van der Waals surface area contributed by atoms with Crippen molar-refractivity contribution < 1.29 is 23.5 Å². The summed E-state index contributed by atoms with van der Waals surface area (Å²) >= 11 is 0. The fourth-order valence-corrected chi connectivity index (χ4v) is 2.31. The molecule has 0 bridgehead atoms. The Labute approximate surface area is 139 Å². The Kier molecular flexibility index (Phi) is 6.36. The van der Waals surface area contributed by atoms with Crippen LogP contribution < -0.4 is 15.8 Å². The quantitative estimate of drug-likeness (QED) is 0.804. The van der Waals surface area contributed by atoms with Crippen LogP contribution in [0.5, 0.6) is 5.75 Å². The average Bonchev–Trinajstić information content (AvgIpc) is 2.60. The molecular weight excluding hydrogens is 317 g/mol. The maximum atomic E-state index is 13.6. The van der Waals surface area contributed by atoms with Crippen molar-refractivity contribution in [1.29, 1.82) is 0 Å². The van der Waals surface area contributed by atoms with E-state index in [0.717, 1.165) is 0 Å². The van der Waals surface area contributed by atoms with Crippen LogP contribution in [0.2, 0.25) is 0 Å². The number of ether oxygens (including phenoxy) is 2. The number of halogens is 1. The normalized spacial score (nSPS) is 18.8. The van der Waals surface area contributed by atoms with E-state index in [0.29, 0.717) is 13.0 Å². The summed E-state index contributed by atoms with van der Waals surface area (Å²) in [6.07, 6.45) is -0.554. The molecule has 3 N–H and O–H groups in total. The summed E-state index contributed by atoms with van der Waals surface area (Å²) in [5, 5.41) is 2.73. The molecule has 0 radical (unpaired) electrons. The van der Waals surface area contributed by atoms with Gasteiger partial charge in [0.15, 0.2) is 17.7 Å². The molecule has 2 unspecified atom stereocenters. The van der Waals surface area contributed by atoms with E-state index < -0.39 is 17.8 Å². The molecule has 1 fully saturated rings. The molecule has 1 aromatic carbocycles. The highest BCUT2D eigenvalue weighted by atomic mass is 19.1. The molecule has 24 heavy (non-hydrogen) atoms. The summed E-state index contributed by atoms with van der Waals surface area (Å²) in [5.74, 6) is -0.889. The van der Waals surface area contributed by atoms with E-state index in [2.05, 4.69) is 5.32 Å². The number of hydrogen-bond donors (Lipinski definition) is 2. The largest absolute Gasteiger partial charge is 0.486 e. The zero-order chi connectivity index (χ0) is 17.5. The van der Waals surface area contributed by atoms with E-state index in [1.807, 2.05) is 6.92 Å². The third-order valence-electron chi connectivity index (χ3n) is 3.74. The summed E-state index contributed by atoms with van der Waals surface area (Å²) in [7, 11) is 0. The summed E-state index contributed by atoms with van der Waals surface area (Å²) in [6.45, 7) is 2.86. The second-order valence-electron chi connectivity index (χ2n) is 5.47. The van der Waals surface area contributed by atoms with Gasteiger partial charge in [-0.3, -0.25) is 4.79 Å². The van der Waals surface area contributed by atoms with Gasteiger partial charge >= 0.3 is 6.03 Å². The van der Waals surface area contributed by atoms with E-state index in [4.69, 9.17) is 15.2 Å². The highest BCUT2D eigenvalue weighted by molar-refractivity contribution is 5.81. The van der Waals surface area contributed by atoms with E-state index in [-0.39, 0.29) is 37.6 Å². The van der Waals surface area contributed by atoms with Crippen LogP contribution in [-0.4, -0.2) is 55.3 Å². The molecule has 1 saturated heterocycles. The van der Waals surface area contributed by atoms with Crippen LogP contribution in [0.15, 0.2) is 24.3 Å². The van der Waals surface area contributed by atoms with Gasteiger partial charge in [-0.2, -0.15) is 0 Å². The average molecular weight is 339 g/mol. The Morgan fingerprint density at radius 1 is 1.50 bits per heavy atom. The predicted octanol–water partition coefficient (Wildman–Crippen LogP) is 0.879. The lowest BCUT2D eigenvalue weighted by Gasteiger charge is -2.31. The maximum absolute atomic E-state index is 13.6. The van der Waals surface area contributed by atoms with Gasteiger partial charge in [0.05, 0.1) is 19.7 Å². The molecule has 1 aromatic rings. The zero-order valence-electron chi connectivity index (χ0n) is 13.5. The third-order valence-corrected chi connectivity index (χ3v) is 3.74. The van der Waals surface area contributed by atoms with Crippen LogP contribution in [0, 0.1) is 5.82 Å². The summed E-state index contributed by atoms with van der Waals surface area (Å²) in [4.78, 5) is 24.8. The highest BCUT2D eigenvalue weighted by Gasteiger charge is 2.28. The lowest BCUT2D eigenvalue weighted by atomic mass is 10.2. The number of benzene rings is 1. The number of nitrogens with zero attached hydrogens (tertiary/aromatic N) is 1. The number of urea groups is 1. The number of morpholine rings is 1. The van der Waals surface area contributed by atoms with Crippen molar-refractivity contribution in [3.63, 3.8) is 0 Å². The summed E-state index contributed by atoms with van der Waals surface area (Å²) < 4.78 is 24.4. The van der Waals surface area contributed by atoms with E-state index in [1.165, 1.54) is 11.0 Å². The lowest BCUT2D eigenvalue weighted by molar-refractivity contribution is -0.133. The number of rotatable bonds is 6. The van der Waals surface area contributed by atoms with Crippen molar-refractivity contribution in [1.82, 2.24) is 10.2 Å². The van der Waals surface area contributed by atoms with Gasteiger partial charge < -0.3 is 25.4 Å². The summed E-state index contributed by atoms with van der Waals surface area (Å²) in [6, 6.07) is 5.79. The second kappa shape index (κ2) is 8.49. The first kappa shape index (κ1) is 18.0. The van der Waals surface area contributed by atoms with Gasteiger partial charge in [-0.05, 0) is 18.6 Å². The second-order valence-corrected chi connectivity index (χ2v) is 5.47. The molecule has 0 spiro atoms. The fourth-order valence-electron chi connectivity index (χ4n) is 2.31. The van der Waals surface area contributed by atoms with Gasteiger partial charge in [0.25, 0.3) is 0 Å². The molecule has 1 aliphatic rings. The first-order valence-electron chi connectivity index (χ1n) is 7.86. The van der Waals surface area contributed by atoms with Crippen LogP contribution in [0.4, 0.5) is 9.18 Å². The zero-order valence-corrected chi connectivity index (χ0v) is 13.5. The molecule has 8 heteroatoms. The van der Waals surface area contributed by atoms with Gasteiger partial charge in [-0.25, -0.2) is 9.18 Å². The van der Waals surface area contributed by atoms with E-state index in [9.17, 15) is 14.0 Å². The molecule has 0 aliphatic carbocycles. The molecule has 3 amide bonds. The monoisotopic (exact) mass is 339 g/mol. The van der Waals surface area contributed by atoms with Crippen molar-refractivity contribution in [3.05, 3.63) is 30.1 Å². The van der Waals surface area contributed by atoms with Crippen LogP contribution in [-0.2, 0) is 9.53 Å². The standard InChI is InChI=1S/C16H22FN3O4/c1-2-11(24-13-6-4-3-5-12(13)17)9-19-16(22)20-7-8-23-14(10-20)15(18)21/h3-6,11,14H,2,7-10H2,1H3,(H2,18,21)(H,19,22). The van der Waals surface area contributed by atoms with Gasteiger partial charge in [0.2, 0.25) is 5.91 Å². The Balaban J connectivity index is 1.85. The molecule has 132 valence electrons. The fraction of sp³-hybridized carbons (Fsp3) is 0.500. The topological polar surface area (TPSA) is 93.9 Å². The minimum atomic E-state index is -0.791. The third kappa shape index (κ3) is 4.82. The first-order chi connectivity index (χ1) is 11.5. The smallest absolute Gasteiger partial charge is 0.317 e. The van der Waals surface area contributed by atoms with Gasteiger partial charge in [-0.1, -0.05) is 19.1 Å². The van der Waals surface area contributed by atoms with E-state index >= 15 is 0 Å². The Morgan fingerprint density at radius 3 is 2.92 bits per heavy atom. The first-order valence-corrected chi connectivity index (χ1v) is 7.86. The van der Waals surface area contributed by atoms with Crippen molar-refractivity contribution >= 4 is 11.9 Å². The molecule has 0 aromatic heterocycles. The van der Waals surface area contributed by atoms with Crippen molar-refractivity contribution in [2.24, 2.45) is 5.73 Å². The highest BCUT2D eigenvalue weighted by Crippen LogP contribution is 2.17. The van der Waals surface area contributed by atoms with Crippen molar-refractivity contribution in [3.8, 4) is 5.75 Å². The SMILES string of the molecule is CCC(CNC(=O)N1CCOC(C(N)=O)C1)Oc1ccccc1F. The number of para-hydroxylation sites is 1. The van der Waals surface area contributed by atoms with Crippen molar-refractivity contribution in [2.45, 2.75) is 25.6 Å². The number of carbonyl (C=O) groups excluding carboxylic acids is 2. The molecule has 2 rings (SSSR count). The van der Waals surface area contributed by atoms with Gasteiger partial charge in [0, 0.05) is 6.54 Å². The Bertz CT molecular complexity index is 584. The maximum Gasteiger partial charge on any atom is 0.317 e. The Morgan fingerprint density at radius 2 is 2.25 bits per heavy atom. The number of amides is 3. The predicted molar refractivity (Wildman–Crippen MR) is 85.0 cm³/mol. The number of hydrogen-bond acceptors (Lipinski definition) is 4. The number of carbonyl (C=O) groups is 2. The molecule has 7 nitrogen and oxygen atoms in total. The van der Waals surface area contributed by atoms with Crippen LogP contribution in [0.1, 0.15) is 13.3 Å². The summed E-state index contributed by atoms with van der Waals surface area (Å²) in [5.41, 5.74) is 5.20. The van der Waals surface area contributed by atoms with Gasteiger partial charge in [0.1, 0.15) is 6.10 Å². The number of nitrogens with two attached hydrogens (primary N) is 1. The molecule has 0 saturated carbocycles. The minimum Gasteiger partial charge on any atom is -0.486 e. The van der Waals surface area contributed by atoms with E-state index in [1.54, 1.807) is 18.2 Å². The molecule has 2 atom stereocenters. The number of nitrogens with one attached hydrogen (secondary N) is 1. The van der Waals surface area contributed by atoms with Crippen molar-refractivity contribution in [2.75, 3.05) is 26.2 Å². The molecule has 1 heterocycles.